The molecular weight excluding hydrogens is 238 g/mol. The van der Waals surface area contributed by atoms with Crippen molar-refractivity contribution in [1.82, 2.24) is 0 Å². The van der Waals surface area contributed by atoms with Crippen LogP contribution in [0, 0.1) is 11.3 Å². The van der Waals surface area contributed by atoms with Crippen LogP contribution >= 0.6 is 31.9 Å². The normalized spacial score (nSPS) is 16.8. The molecule has 4 heteroatoms. The molecule has 0 spiro atoms. The molecule has 8 heavy (non-hydrogen) atoms. The SMILES string of the molecule is N#C[C@H](Br)[C@H](Br)CO. The largest absolute Gasteiger partial charge is 0.395 e. The predicted molar refractivity (Wildman–Crippen MR) is 38.1 cm³/mol. The van der Waals surface area contributed by atoms with E-state index in [1.807, 2.05) is 6.07 Å². The first-order chi connectivity index (χ1) is 3.72. The summed E-state index contributed by atoms with van der Waals surface area (Å²) in [7, 11) is 0. The summed E-state index contributed by atoms with van der Waals surface area (Å²) in [6.45, 7) is -0.0243. The monoisotopic (exact) mass is 241 g/mol. The van der Waals surface area contributed by atoms with Crippen LogP contribution in [0.4, 0.5) is 0 Å². The number of halogens is 2. The summed E-state index contributed by atoms with van der Waals surface area (Å²) in [5.74, 6) is 0. The summed E-state index contributed by atoms with van der Waals surface area (Å²) in [4.78, 5) is -0.458. The van der Waals surface area contributed by atoms with Crippen LogP contribution in [-0.2, 0) is 0 Å². The average Bonchev–Trinajstić information content (AvgIpc) is 1.84. The topological polar surface area (TPSA) is 44.0 Å². The molecule has 0 aromatic carbocycles. The van der Waals surface area contributed by atoms with E-state index >= 15 is 0 Å². The van der Waals surface area contributed by atoms with Crippen molar-refractivity contribution in [1.29, 1.82) is 5.26 Å². The van der Waals surface area contributed by atoms with Crippen molar-refractivity contribution in [2.75, 3.05) is 6.61 Å². The van der Waals surface area contributed by atoms with E-state index in [9.17, 15) is 0 Å². The lowest BCUT2D eigenvalue weighted by Gasteiger charge is -2.03. The molecule has 2 nitrogen and oxygen atoms in total. The van der Waals surface area contributed by atoms with Gasteiger partial charge in [0, 0.05) is 0 Å². The highest BCUT2D eigenvalue weighted by Gasteiger charge is 2.12. The number of nitrogens with zero attached hydrogens (tertiary/aromatic N) is 1. The molecule has 2 atom stereocenters. The van der Waals surface area contributed by atoms with Gasteiger partial charge < -0.3 is 5.11 Å². The Morgan fingerprint density at radius 3 is 2.25 bits per heavy atom. The van der Waals surface area contributed by atoms with Crippen molar-refractivity contribution in [3.8, 4) is 6.07 Å². The maximum Gasteiger partial charge on any atom is 0.116 e. The van der Waals surface area contributed by atoms with Crippen molar-refractivity contribution >= 4 is 31.9 Å². The van der Waals surface area contributed by atoms with Crippen LogP contribution in [-0.4, -0.2) is 21.4 Å². The first-order valence-electron chi connectivity index (χ1n) is 2.01. The second-order valence-corrected chi connectivity index (χ2v) is 3.39. The minimum Gasteiger partial charge on any atom is -0.395 e. The van der Waals surface area contributed by atoms with E-state index in [1.54, 1.807) is 0 Å². The van der Waals surface area contributed by atoms with Crippen molar-refractivity contribution < 1.29 is 5.11 Å². The van der Waals surface area contributed by atoms with Crippen molar-refractivity contribution in [2.45, 2.75) is 9.65 Å². The highest BCUT2D eigenvalue weighted by Crippen LogP contribution is 2.11. The first-order valence-corrected chi connectivity index (χ1v) is 3.84. The molecule has 0 aromatic heterocycles. The Hall–Kier alpha value is 0.410. The van der Waals surface area contributed by atoms with Crippen molar-refractivity contribution in [3.63, 3.8) is 0 Å². The highest BCUT2D eigenvalue weighted by molar-refractivity contribution is 9.12. The second-order valence-electron chi connectivity index (χ2n) is 1.23. The fourth-order valence-electron chi connectivity index (χ4n) is 0.173. The number of aliphatic hydroxyl groups excluding tert-OH is 1. The van der Waals surface area contributed by atoms with Gasteiger partial charge in [0.1, 0.15) is 4.83 Å². The molecule has 0 fully saturated rings. The fourth-order valence-corrected chi connectivity index (χ4v) is 0.459. The smallest absolute Gasteiger partial charge is 0.116 e. The van der Waals surface area contributed by atoms with Crippen LogP contribution in [0.1, 0.15) is 0 Å². The van der Waals surface area contributed by atoms with Crippen LogP contribution in [0.2, 0.25) is 0 Å². The van der Waals surface area contributed by atoms with E-state index in [0.717, 1.165) is 0 Å². The minimum absolute atomic E-state index is 0.0243. The number of aliphatic hydroxyl groups is 1. The zero-order valence-corrected chi connectivity index (χ0v) is 7.18. The van der Waals surface area contributed by atoms with Crippen LogP contribution in [0.25, 0.3) is 0 Å². The van der Waals surface area contributed by atoms with Gasteiger partial charge in [0.2, 0.25) is 0 Å². The third kappa shape index (κ3) is 2.65. The Balaban J connectivity index is 3.49. The van der Waals surface area contributed by atoms with Gasteiger partial charge >= 0.3 is 0 Å². The molecule has 0 amide bonds. The molecule has 0 saturated heterocycles. The van der Waals surface area contributed by atoms with Gasteiger partial charge in [-0.25, -0.2) is 0 Å². The van der Waals surface area contributed by atoms with Crippen molar-refractivity contribution in [2.24, 2.45) is 0 Å². The van der Waals surface area contributed by atoms with Crippen LogP contribution in [0.3, 0.4) is 0 Å². The molecule has 0 heterocycles. The Kier molecular flexibility index (Phi) is 4.53. The van der Waals surface area contributed by atoms with E-state index < -0.39 is 0 Å². The van der Waals surface area contributed by atoms with Gasteiger partial charge in [-0.15, -0.1) is 0 Å². The van der Waals surface area contributed by atoms with Gasteiger partial charge in [0.15, 0.2) is 0 Å². The van der Waals surface area contributed by atoms with Gasteiger partial charge in [-0.05, 0) is 0 Å². The van der Waals surface area contributed by atoms with E-state index in [4.69, 9.17) is 10.4 Å². The van der Waals surface area contributed by atoms with Crippen LogP contribution in [0.15, 0.2) is 0 Å². The zero-order chi connectivity index (χ0) is 6.57. The maximum atomic E-state index is 8.41. The summed E-state index contributed by atoms with van der Waals surface area (Å²) in [5, 5.41) is 16.6. The highest BCUT2D eigenvalue weighted by atomic mass is 79.9. The number of hydrogen-bond donors (Lipinski definition) is 1. The Labute approximate surface area is 64.8 Å². The molecule has 1 N–H and O–H groups in total. The predicted octanol–water partition coefficient (Wildman–Crippen LogP) is 1.03. The molecule has 0 aromatic rings. The molecule has 0 saturated carbocycles. The molecule has 0 unspecified atom stereocenters. The standard InChI is InChI=1S/C4H5Br2NO/c5-3(1-7)4(6)2-8/h3-4,8H,2H2/t3-,4+/m0/s1. The van der Waals surface area contributed by atoms with Crippen molar-refractivity contribution in [3.05, 3.63) is 0 Å². The summed E-state index contributed by atoms with van der Waals surface area (Å²) in [5.41, 5.74) is 0. The second kappa shape index (κ2) is 4.30. The quantitative estimate of drug-likeness (QED) is 0.736. The summed E-state index contributed by atoms with van der Waals surface area (Å²) in [6, 6.07) is 1.93. The molecule has 0 radical (unpaired) electrons. The molecule has 0 aliphatic heterocycles. The molecule has 0 rings (SSSR count). The van der Waals surface area contributed by atoms with Crippen LogP contribution < -0.4 is 0 Å². The molecule has 46 valence electrons. The molecule has 0 aliphatic rings. The molecular formula is C4H5Br2NO. The number of alkyl halides is 2. The third-order valence-corrected chi connectivity index (χ3v) is 2.99. The molecule has 0 aliphatic carbocycles. The molecule has 0 bridgehead atoms. The van der Waals surface area contributed by atoms with Gasteiger partial charge in [-0.2, -0.15) is 5.26 Å². The minimum atomic E-state index is -0.299. The Bertz CT molecular complexity index is 101. The van der Waals surface area contributed by atoms with E-state index in [2.05, 4.69) is 31.9 Å². The Morgan fingerprint density at radius 1 is 1.62 bits per heavy atom. The van der Waals surface area contributed by atoms with Gasteiger partial charge in [0.25, 0.3) is 0 Å². The lowest BCUT2D eigenvalue weighted by molar-refractivity contribution is 0.299. The number of rotatable bonds is 2. The van der Waals surface area contributed by atoms with E-state index in [-0.39, 0.29) is 16.3 Å². The lowest BCUT2D eigenvalue weighted by Crippen LogP contribution is -2.15. The van der Waals surface area contributed by atoms with E-state index in [0.29, 0.717) is 0 Å². The first kappa shape index (κ1) is 8.41. The summed E-state index contributed by atoms with van der Waals surface area (Å²) >= 11 is 6.12. The average molecular weight is 243 g/mol. The van der Waals surface area contributed by atoms with Gasteiger partial charge in [-0.1, -0.05) is 31.9 Å². The Morgan fingerprint density at radius 2 is 2.12 bits per heavy atom. The fraction of sp³-hybridized carbons (Fsp3) is 0.750. The summed E-state index contributed by atoms with van der Waals surface area (Å²) < 4.78 is 0. The third-order valence-electron chi connectivity index (χ3n) is 0.615. The van der Waals surface area contributed by atoms with E-state index in [1.165, 1.54) is 0 Å². The van der Waals surface area contributed by atoms with Gasteiger partial charge in [0.05, 0.1) is 17.5 Å². The maximum absolute atomic E-state index is 8.41. The zero-order valence-electron chi connectivity index (χ0n) is 4.01. The van der Waals surface area contributed by atoms with Gasteiger partial charge in [-0.3, -0.25) is 0 Å². The number of hydrogen-bond acceptors (Lipinski definition) is 2. The van der Waals surface area contributed by atoms with Crippen LogP contribution in [0.5, 0.6) is 0 Å². The summed E-state index contributed by atoms with van der Waals surface area (Å²) in [6.07, 6.45) is 0. The number of nitriles is 1. The lowest BCUT2D eigenvalue weighted by atomic mass is 10.3.